The summed E-state index contributed by atoms with van der Waals surface area (Å²) in [5.74, 6) is -1.04. The van der Waals surface area contributed by atoms with Gasteiger partial charge in [0.05, 0.1) is 17.3 Å². The number of pyridine rings is 1. The van der Waals surface area contributed by atoms with Crippen molar-refractivity contribution in [2.45, 2.75) is 19.3 Å². The number of carboxylic acids is 1. The smallest absolute Gasteiger partial charge is 0.321 e. The fourth-order valence-electron chi connectivity index (χ4n) is 4.15. The van der Waals surface area contributed by atoms with Gasteiger partial charge in [0.15, 0.2) is 11.6 Å². The first-order valence-electron chi connectivity index (χ1n) is 9.16. The number of carboxylic acid groups (broad SMARTS) is 1. The van der Waals surface area contributed by atoms with Crippen LogP contribution in [0.2, 0.25) is 0 Å². The molecule has 0 bridgehead atoms. The molecule has 1 aromatic heterocycles. The summed E-state index contributed by atoms with van der Waals surface area (Å²) >= 11 is 0. The van der Waals surface area contributed by atoms with Crippen LogP contribution in [-0.2, 0) is 4.79 Å². The second kappa shape index (κ2) is 7.10. The van der Waals surface area contributed by atoms with Gasteiger partial charge in [-0.2, -0.15) is 0 Å². The number of fused-ring (bicyclic) bond motifs is 1. The van der Waals surface area contributed by atoms with Crippen molar-refractivity contribution in [3.63, 3.8) is 0 Å². The molecule has 7 nitrogen and oxygen atoms in total. The fourth-order valence-corrected chi connectivity index (χ4v) is 4.15. The molecular formula is C20H20FN3O4. The minimum absolute atomic E-state index is 0.00502. The van der Waals surface area contributed by atoms with E-state index in [2.05, 4.69) is 10.3 Å². The summed E-state index contributed by atoms with van der Waals surface area (Å²) < 4.78 is 19.0. The van der Waals surface area contributed by atoms with Crippen molar-refractivity contribution in [1.29, 1.82) is 0 Å². The van der Waals surface area contributed by atoms with Crippen molar-refractivity contribution < 1.29 is 23.8 Å². The number of nitrogens with one attached hydrogen (secondary N) is 1. The first-order valence-corrected chi connectivity index (χ1v) is 9.16. The van der Waals surface area contributed by atoms with Crippen LogP contribution in [-0.4, -0.2) is 40.1 Å². The fraction of sp³-hybridized carbons (Fsp3) is 0.350. The predicted octanol–water partition coefficient (Wildman–Crippen LogP) is 3.73. The Hall–Kier alpha value is -3.16. The maximum atomic E-state index is 13.6. The summed E-state index contributed by atoms with van der Waals surface area (Å²) in [6, 6.07) is 8.79. The highest BCUT2D eigenvalue weighted by Crippen LogP contribution is 2.48. The lowest BCUT2D eigenvalue weighted by Crippen LogP contribution is -2.38. The maximum absolute atomic E-state index is 13.6. The molecule has 2 atom stereocenters. The number of ether oxygens (including phenoxy) is 1. The van der Waals surface area contributed by atoms with Gasteiger partial charge in [0.25, 0.3) is 0 Å². The van der Waals surface area contributed by atoms with E-state index in [0.29, 0.717) is 18.7 Å². The minimum Gasteiger partial charge on any atom is -0.481 e. The Kier molecular flexibility index (Phi) is 4.62. The van der Waals surface area contributed by atoms with E-state index in [4.69, 9.17) is 4.74 Å². The van der Waals surface area contributed by atoms with E-state index in [1.165, 1.54) is 24.4 Å². The zero-order valence-corrected chi connectivity index (χ0v) is 15.1. The molecule has 28 heavy (non-hydrogen) atoms. The van der Waals surface area contributed by atoms with E-state index in [0.717, 1.165) is 12.8 Å². The van der Waals surface area contributed by atoms with Gasteiger partial charge in [0.1, 0.15) is 0 Å². The Labute approximate surface area is 161 Å². The average Bonchev–Trinajstić information content (AvgIpc) is 3.24. The largest absolute Gasteiger partial charge is 0.481 e. The molecule has 0 unspecified atom stereocenters. The molecule has 1 aromatic carbocycles. The summed E-state index contributed by atoms with van der Waals surface area (Å²) in [5.41, 5.74) is -0.361. The number of carbonyl (C=O) groups excluding carboxylic acids is 1. The molecule has 2 aliphatic rings. The van der Waals surface area contributed by atoms with Crippen LogP contribution < -0.4 is 10.1 Å². The lowest BCUT2D eigenvalue weighted by molar-refractivity contribution is -0.149. The van der Waals surface area contributed by atoms with Crippen molar-refractivity contribution >= 4 is 17.7 Å². The molecule has 2 N–H and O–H groups in total. The van der Waals surface area contributed by atoms with Gasteiger partial charge in [-0.05, 0) is 37.0 Å². The Bertz CT molecular complexity index is 905. The Balaban J connectivity index is 1.39. The standard InChI is InChI=1S/C20H20FN3O4/c21-15-5-1-2-6-16(15)28-17-8-7-14(10-22-17)23-19(27)24-11-13-4-3-9-20(13,12-24)18(25)26/h1-2,5-8,10,13H,3-4,9,11-12H2,(H,23,27)(H,25,26)/t13-,20+/m0/s1. The molecule has 1 saturated carbocycles. The number of urea groups is 1. The highest BCUT2D eigenvalue weighted by molar-refractivity contribution is 5.90. The number of halogens is 1. The molecule has 0 spiro atoms. The van der Waals surface area contributed by atoms with Crippen molar-refractivity contribution in [3.05, 3.63) is 48.4 Å². The SMILES string of the molecule is O=C(Nc1ccc(Oc2ccccc2F)nc1)N1C[C@@H]2CCC[C@@]2(C(=O)O)C1. The molecule has 0 radical (unpaired) electrons. The molecule has 8 heteroatoms. The lowest BCUT2D eigenvalue weighted by atomic mass is 9.81. The number of aromatic nitrogens is 1. The molecule has 2 fully saturated rings. The number of amides is 2. The summed E-state index contributed by atoms with van der Waals surface area (Å²) in [6.07, 6.45) is 3.75. The molecule has 2 heterocycles. The summed E-state index contributed by atoms with van der Waals surface area (Å²) in [4.78, 5) is 29.9. The predicted molar refractivity (Wildman–Crippen MR) is 98.7 cm³/mol. The van der Waals surface area contributed by atoms with Crippen LogP contribution in [0.5, 0.6) is 11.6 Å². The zero-order valence-electron chi connectivity index (χ0n) is 15.1. The second-order valence-electron chi connectivity index (χ2n) is 7.28. The van der Waals surface area contributed by atoms with Gasteiger partial charge in [-0.3, -0.25) is 4.79 Å². The van der Waals surface area contributed by atoms with Crippen LogP contribution in [0.25, 0.3) is 0 Å². The highest BCUT2D eigenvalue weighted by atomic mass is 19.1. The minimum atomic E-state index is -0.818. The summed E-state index contributed by atoms with van der Waals surface area (Å²) in [7, 11) is 0. The Morgan fingerprint density at radius 1 is 1.29 bits per heavy atom. The van der Waals surface area contributed by atoms with Gasteiger partial charge < -0.3 is 20.1 Å². The van der Waals surface area contributed by atoms with Crippen molar-refractivity contribution in [2.75, 3.05) is 18.4 Å². The molecule has 2 amide bonds. The van der Waals surface area contributed by atoms with Crippen LogP contribution in [0.1, 0.15) is 19.3 Å². The van der Waals surface area contributed by atoms with E-state index >= 15 is 0 Å². The van der Waals surface area contributed by atoms with Crippen molar-refractivity contribution in [1.82, 2.24) is 9.88 Å². The Morgan fingerprint density at radius 3 is 2.79 bits per heavy atom. The number of benzene rings is 1. The number of carbonyl (C=O) groups is 2. The van der Waals surface area contributed by atoms with E-state index in [-0.39, 0.29) is 30.1 Å². The molecule has 4 rings (SSSR count). The summed E-state index contributed by atoms with van der Waals surface area (Å²) in [6.45, 7) is 0.667. The molecule has 2 aromatic rings. The maximum Gasteiger partial charge on any atom is 0.321 e. The topological polar surface area (TPSA) is 91.8 Å². The number of rotatable bonds is 4. The molecular weight excluding hydrogens is 365 g/mol. The number of hydrogen-bond donors (Lipinski definition) is 2. The van der Waals surface area contributed by atoms with Crippen LogP contribution in [0, 0.1) is 17.2 Å². The van der Waals surface area contributed by atoms with Gasteiger partial charge >= 0.3 is 12.0 Å². The zero-order chi connectivity index (χ0) is 19.7. The van der Waals surface area contributed by atoms with E-state index < -0.39 is 17.2 Å². The normalized spacial score (nSPS) is 23.3. The second-order valence-corrected chi connectivity index (χ2v) is 7.28. The number of para-hydroxylation sites is 1. The lowest BCUT2D eigenvalue weighted by Gasteiger charge is -2.23. The van der Waals surface area contributed by atoms with Crippen LogP contribution in [0.15, 0.2) is 42.6 Å². The number of likely N-dealkylation sites (tertiary alicyclic amines) is 1. The van der Waals surface area contributed by atoms with Gasteiger partial charge in [0.2, 0.25) is 5.88 Å². The molecule has 1 aliphatic heterocycles. The number of anilines is 1. The molecule has 1 aliphatic carbocycles. The Morgan fingerprint density at radius 2 is 2.11 bits per heavy atom. The van der Waals surface area contributed by atoms with Gasteiger partial charge in [-0.1, -0.05) is 18.6 Å². The van der Waals surface area contributed by atoms with Gasteiger partial charge in [-0.25, -0.2) is 14.2 Å². The van der Waals surface area contributed by atoms with E-state index in [1.807, 2.05) is 0 Å². The third-order valence-electron chi connectivity index (χ3n) is 5.62. The van der Waals surface area contributed by atoms with Gasteiger partial charge in [-0.15, -0.1) is 0 Å². The van der Waals surface area contributed by atoms with Crippen LogP contribution >= 0.6 is 0 Å². The first kappa shape index (κ1) is 18.2. The third-order valence-corrected chi connectivity index (χ3v) is 5.62. The average molecular weight is 385 g/mol. The quantitative estimate of drug-likeness (QED) is 0.837. The van der Waals surface area contributed by atoms with Crippen molar-refractivity contribution in [2.24, 2.45) is 11.3 Å². The van der Waals surface area contributed by atoms with Crippen LogP contribution in [0.4, 0.5) is 14.9 Å². The van der Waals surface area contributed by atoms with Crippen LogP contribution in [0.3, 0.4) is 0 Å². The van der Waals surface area contributed by atoms with Gasteiger partial charge in [0, 0.05) is 19.2 Å². The van der Waals surface area contributed by atoms with E-state index in [9.17, 15) is 19.1 Å². The van der Waals surface area contributed by atoms with Crippen molar-refractivity contribution in [3.8, 4) is 11.6 Å². The number of aliphatic carboxylic acids is 1. The molecule has 1 saturated heterocycles. The molecule has 146 valence electrons. The number of hydrogen-bond acceptors (Lipinski definition) is 4. The first-order chi connectivity index (χ1) is 13.5. The number of nitrogens with zero attached hydrogens (tertiary/aromatic N) is 2. The third kappa shape index (κ3) is 3.26. The van der Waals surface area contributed by atoms with E-state index in [1.54, 1.807) is 23.1 Å². The highest BCUT2D eigenvalue weighted by Gasteiger charge is 2.55. The summed E-state index contributed by atoms with van der Waals surface area (Å²) in [5, 5.41) is 12.4. The monoisotopic (exact) mass is 385 g/mol.